The first-order valence-corrected chi connectivity index (χ1v) is 4.97. The normalized spacial score (nSPS) is 16.9. The molecule has 2 aliphatic heterocycles. The summed E-state index contributed by atoms with van der Waals surface area (Å²) in [6.07, 6.45) is 2.90. The smallest absolute Gasteiger partial charge is 0.231 e. The fraction of sp³-hybridized carbons (Fsp3) is 0.273. The molecule has 0 atom stereocenters. The number of ether oxygens (including phenoxy) is 2. The Morgan fingerprint density at radius 2 is 2.13 bits per heavy atom. The largest absolute Gasteiger partial charge is 0.454 e. The molecule has 2 aliphatic rings. The molecule has 78 valence electrons. The van der Waals surface area contributed by atoms with Gasteiger partial charge in [-0.15, -0.1) is 0 Å². The van der Waals surface area contributed by atoms with E-state index in [0.717, 1.165) is 24.6 Å². The van der Waals surface area contributed by atoms with E-state index < -0.39 is 0 Å². The molecular weight excluding hydrogens is 192 g/mol. The lowest BCUT2D eigenvalue weighted by atomic mass is 10.1. The highest BCUT2D eigenvalue weighted by Crippen LogP contribution is 2.32. The molecule has 0 aliphatic carbocycles. The number of nitrogens with one attached hydrogen (secondary N) is 2. The fourth-order valence-corrected chi connectivity index (χ4v) is 1.77. The molecule has 4 nitrogen and oxygen atoms in total. The summed E-state index contributed by atoms with van der Waals surface area (Å²) in [6.45, 7) is 1.15. The number of fused-ring (bicyclic) bond motifs is 1. The van der Waals surface area contributed by atoms with Crippen LogP contribution >= 0.6 is 0 Å². The van der Waals surface area contributed by atoms with Crippen molar-refractivity contribution in [1.82, 2.24) is 10.6 Å². The van der Waals surface area contributed by atoms with Crippen LogP contribution in [-0.2, 0) is 6.42 Å². The molecule has 0 aromatic heterocycles. The van der Waals surface area contributed by atoms with Gasteiger partial charge in [-0.3, -0.25) is 0 Å². The zero-order valence-electron chi connectivity index (χ0n) is 8.25. The van der Waals surface area contributed by atoms with Crippen molar-refractivity contribution in [1.29, 1.82) is 0 Å². The number of hydrogen-bond donors (Lipinski definition) is 2. The topological polar surface area (TPSA) is 42.5 Å². The number of hydrogen-bond acceptors (Lipinski definition) is 4. The standard InChI is InChI=1S/C11H12N2O2/c1-2-10-11(15-7-14-10)4-8(1)3-9-5-12-6-13-9/h1-2,4-5,12-13H,3,6-7H2. The Morgan fingerprint density at radius 3 is 3.00 bits per heavy atom. The molecule has 15 heavy (non-hydrogen) atoms. The molecule has 1 aromatic rings. The Kier molecular flexibility index (Phi) is 1.91. The molecule has 0 fully saturated rings. The van der Waals surface area contributed by atoms with Crippen LogP contribution in [0.3, 0.4) is 0 Å². The molecule has 4 heteroatoms. The zero-order valence-corrected chi connectivity index (χ0v) is 8.25. The number of benzene rings is 1. The van der Waals surface area contributed by atoms with Gasteiger partial charge < -0.3 is 20.1 Å². The van der Waals surface area contributed by atoms with Crippen molar-refractivity contribution in [3.05, 3.63) is 35.7 Å². The average Bonchev–Trinajstić information content (AvgIpc) is 2.87. The molecular formula is C11H12N2O2. The van der Waals surface area contributed by atoms with Gasteiger partial charge >= 0.3 is 0 Å². The Labute approximate surface area is 87.9 Å². The molecule has 0 spiro atoms. The molecule has 0 bridgehead atoms. The Morgan fingerprint density at radius 1 is 1.20 bits per heavy atom. The van der Waals surface area contributed by atoms with Crippen molar-refractivity contribution in [2.45, 2.75) is 6.42 Å². The maximum atomic E-state index is 5.33. The van der Waals surface area contributed by atoms with Crippen LogP contribution in [0.5, 0.6) is 11.5 Å². The van der Waals surface area contributed by atoms with Gasteiger partial charge in [0.15, 0.2) is 11.5 Å². The van der Waals surface area contributed by atoms with E-state index in [9.17, 15) is 0 Å². The molecule has 0 unspecified atom stereocenters. The van der Waals surface area contributed by atoms with Crippen LogP contribution in [0.15, 0.2) is 30.1 Å². The van der Waals surface area contributed by atoms with Gasteiger partial charge in [-0.2, -0.15) is 0 Å². The van der Waals surface area contributed by atoms with Crippen LogP contribution < -0.4 is 20.1 Å². The molecule has 2 N–H and O–H groups in total. The zero-order chi connectivity index (χ0) is 10.1. The van der Waals surface area contributed by atoms with Crippen molar-refractivity contribution in [3.8, 4) is 11.5 Å². The second kappa shape index (κ2) is 3.38. The first-order chi connectivity index (χ1) is 7.42. The van der Waals surface area contributed by atoms with Crippen molar-refractivity contribution in [2.24, 2.45) is 0 Å². The maximum absolute atomic E-state index is 5.33. The van der Waals surface area contributed by atoms with Crippen LogP contribution in [0.25, 0.3) is 0 Å². The summed E-state index contributed by atoms with van der Waals surface area (Å²) in [6, 6.07) is 6.05. The van der Waals surface area contributed by atoms with E-state index in [1.165, 1.54) is 11.3 Å². The average molecular weight is 204 g/mol. The Bertz CT molecular complexity index is 415. The van der Waals surface area contributed by atoms with Gasteiger partial charge in [0.25, 0.3) is 0 Å². The van der Waals surface area contributed by atoms with Crippen molar-refractivity contribution >= 4 is 0 Å². The van der Waals surface area contributed by atoms with Gasteiger partial charge in [-0.1, -0.05) is 6.07 Å². The predicted octanol–water partition coefficient (Wildman–Crippen LogP) is 0.949. The van der Waals surface area contributed by atoms with Gasteiger partial charge in [0.1, 0.15) is 0 Å². The van der Waals surface area contributed by atoms with Gasteiger partial charge in [0.2, 0.25) is 6.79 Å². The lowest BCUT2D eigenvalue weighted by Crippen LogP contribution is -2.15. The molecule has 0 amide bonds. The second-order valence-electron chi connectivity index (χ2n) is 3.59. The quantitative estimate of drug-likeness (QED) is 0.752. The predicted molar refractivity (Wildman–Crippen MR) is 55.5 cm³/mol. The summed E-state index contributed by atoms with van der Waals surface area (Å²) in [4.78, 5) is 0. The highest BCUT2D eigenvalue weighted by Gasteiger charge is 2.13. The van der Waals surface area contributed by atoms with E-state index in [4.69, 9.17) is 9.47 Å². The first-order valence-electron chi connectivity index (χ1n) is 4.97. The third-order valence-electron chi connectivity index (χ3n) is 2.53. The van der Waals surface area contributed by atoms with E-state index in [1.54, 1.807) is 0 Å². The van der Waals surface area contributed by atoms with E-state index >= 15 is 0 Å². The fourth-order valence-electron chi connectivity index (χ4n) is 1.77. The van der Waals surface area contributed by atoms with E-state index in [2.05, 4.69) is 16.7 Å². The van der Waals surface area contributed by atoms with Crippen LogP contribution in [0.1, 0.15) is 5.56 Å². The molecule has 0 saturated carbocycles. The monoisotopic (exact) mass is 204 g/mol. The minimum absolute atomic E-state index is 0.335. The minimum Gasteiger partial charge on any atom is -0.454 e. The maximum Gasteiger partial charge on any atom is 0.231 e. The third kappa shape index (κ3) is 1.58. The summed E-state index contributed by atoms with van der Waals surface area (Å²) in [7, 11) is 0. The summed E-state index contributed by atoms with van der Waals surface area (Å²) in [5, 5.41) is 6.37. The van der Waals surface area contributed by atoms with Crippen LogP contribution in [0.2, 0.25) is 0 Å². The lowest BCUT2D eigenvalue weighted by molar-refractivity contribution is 0.174. The van der Waals surface area contributed by atoms with Crippen LogP contribution in [0.4, 0.5) is 0 Å². The number of rotatable bonds is 2. The summed E-state index contributed by atoms with van der Waals surface area (Å²) >= 11 is 0. The molecule has 3 rings (SSSR count). The summed E-state index contributed by atoms with van der Waals surface area (Å²) < 4.78 is 10.6. The summed E-state index contributed by atoms with van der Waals surface area (Å²) in [5.74, 6) is 1.68. The van der Waals surface area contributed by atoms with Crippen LogP contribution in [-0.4, -0.2) is 13.5 Å². The highest BCUT2D eigenvalue weighted by molar-refractivity contribution is 5.45. The van der Waals surface area contributed by atoms with E-state index in [0.29, 0.717) is 6.79 Å². The van der Waals surface area contributed by atoms with E-state index in [1.807, 2.05) is 18.3 Å². The molecule has 0 radical (unpaired) electrons. The summed E-state index contributed by atoms with van der Waals surface area (Å²) in [5.41, 5.74) is 2.43. The third-order valence-corrected chi connectivity index (χ3v) is 2.53. The van der Waals surface area contributed by atoms with Gasteiger partial charge in [0, 0.05) is 18.3 Å². The molecule has 1 aromatic carbocycles. The van der Waals surface area contributed by atoms with Gasteiger partial charge in [0.05, 0.1) is 6.67 Å². The van der Waals surface area contributed by atoms with Crippen molar-refractivity contribution in [2.75, 3.05) is 13.5 Å². The van der Waals surface area contributed by atoms with Gasteiger partial charge in [-0.05, 0) is 17.7 Å². The Hall–Kier alpha value is -1.84. The Balaban J connectivity index is 1.80. The van der Waals surface area contributed by atoms with Crippen molar-refractivity contribution in [3.63, 3.8) is 0 Å². The minimum atomic E-state index is 0.335. The van der Waals surface area contributed by atoms with E-state index in [-0.39, 0.29) is 0 Å². The first kappa shape index (κ1) is 8.47. The highest BCUT2D eigenvalue weighted by atomic mass is 16.7. The number of allylic oxidation sites excluding steroid dienone is 1. The van der Waals surface area contributed by atoms with Crippen molar-refractivity contribution < 1.29 is 9.47 Å². The van der Waals surface area contributed by atoms with Crippen LogP contribution in [0, 0.1) is 0 Å². The van der Waals surface area contributed by atoms with Gasteiger partial charge in [-0.25, -0.2) is 0 Å². The lowest BCUT2D eigenvalue weighted by Gasteiger charge is -2.04. The molecule has 0 saturated heterocycles. The molecule has 2 heterocycles. The SMILES string of the molecule is C1=C(Cc2ccc3c(c2)OCO3)NCN1. The second-order valence-corrected chi connectivity index (χ2v) is 3.59.